The van der Waals surface area contributed by atoms with Crippen molar-refractivity contribution in [1.29, 1.82) is 0 Å². The molecule has 3 aromatic rings. The molecular formula is C22H23ClN4O3S. The lowest BCUT2D eigenvalue weighted by atomic mass is 9.74. The summed E-state index contributed by atoms with van der Waals surface area (Å²) in [5.74, 6) is 0.622. The van der Waals surface area contributed by atoms with Crippen molar-refractivity contribution in [2.45, 2.75) is 18.3 Å². The van der Waals surface area contributed by atoms with Crippen LogP contribution in [0.4, 0.5) is 16.3 Å². The molecule has 0 unspecified atom stereocenters. The summed E-state index contributed by atoms with van der Waals surface area (Å²) >= 11 is 6.04. The van der Waals surface area contributed by atoms with Crippen molar-refractivity contribution in [1.82, 2.24) is 9.88 Å². The first-order chi connectivity index (χ1) is 14.7. The van der Waals surface area contributed by atoms with Crippen LogP contribution in [-0.4, -0.2) is 50.2 Å². The number of para-hydroxylation sites is 1. The molecule has 0 bridgehead atoms. The molecule has 1 spiro atoms. The minimum Gasteiger partial charge on any atom is -0.341 e. The van der Waals surface area contributed by atoms with Crippen LogP contribution < -0.4 is 9.62 Å². The summed E-state index contributed by atoms with van der Waals surface area (Å²) in [6.07, 6.45) is 2.68. The van der Waals surface area contributed by atoms with Gasteiger partial charge in [0.25, 0.3) is 0 Å². The fourth-order valence-corrected chi connectivity index (χ4v) is 5.99. The summed E-state index contributed by atoms with van der Waals surface area (Å²) < 4.78 is 26.2. The van der Waals surface area contributed by atoms with Gasteiger partial charge in [0, 0.05) is 41.0 Å². The number of aromatic nitrogens is 1. The van der Waals surface area contributed by atoms with Gasteiger partial charge in [-0.1, -0.05) is 29.8 Å². The van der Waals surface area contributed by atoms with Gasteiger partial charge < -0.3 is 9.88 Å². The van der Waals surface area contributed by atoms with Crippen LogP contribution >= 0.6 is 11.6 Å². The third kappa shape index (κ3) is 3.53. The van der Waals surface area contributed by atoms with Gasteiger partial charge in [0.15, 0.2) is 0 Å². The number of carbonyl (C=O) groups excluding carboxylic acids is 1. The highest BCUT2D eigenvalue weighted by molar-refractivity contribution is 7.92. The van der Waals surface area contributed by atoms with Crippen LogP contribution in [0.25, 0.3) is 10.9 Å². The molecule has 3 heterocycles. The van der Waals surface area contributed by atoms with E-state index in [0.717, 1.165) is 22.2 Å². The Labute approximate surface area is 186 Å². The quantitative estimate of drug-likeness (QED) is 0.604. The number of fused-ring (bicyclic) bond motifs is 3. The highest BCUT2D eigenvalue weighted by Crippen LogP contribution is 2.47. The number of likely N-dealkylation sites (tertiary alicyclic amines) is 1. The topological polar surface area (TPSA) is 85.5 Å². The number of urea groups is 1. The number of H-pyrrole nitrogens is 1. The lowest BCUT2D eigenvalue weighted by Gasteiger charge is -2.39. The highest BCUT2D eigenvalue weighted by atomic mass is 35.5. The van der Waals surface area contributed by atoms with Gasteiger partial charge >= 0.3 is 6.03 Å². The molecule has 1 saturated heterocycles. The van der Waals surface area contributed by atoms with E-state index in [2.05, 4.69) is 10.3 Å². The van der Waals surface area contributed by atoms with E-state index in [1.165, 1.54) is 10.6 Å². The van der Waals surface area contributed by atoms with Gasteiger partial charge in [-0.05, 0) is 48.7 Å². The molecule has 2 aliphatic rings. The second kappa shape index (κ2) is 7.17. The number of hydrogen-bond donors (Lipinski definition) is 2. The van der Waals surface area contributed by atoms with Gasteiger partial charge in [-0.2, -0.15) is 0 Å². The molecule has 1 aromatic heterocycles. The maximum atomic E-state index is 12.8. The molecule has 5 rings (SSSR count). The smallest absolute Gasteiger partial charge is 0.322 e. The second-order valence-corrected chi connectivity index (χ2v) is 10.7. The SMILES string of the molecule is CS(=O)(=O)N1CC2(CCN(C(=O)Nc3cc4cc(Cl)ccc4[nH]3)CC2)c2ccccc21. The van der Waals surface area contributed by atoms with Crippen LogP contribution in [0.2, 0.25) is 5.02 Å². The van der Waals surface area contributed by atoms with E-state index in [-0.39, 0.29) is 11.4 Å². The number of amides is 2. The number of sulfonamides is 1. The zero-order valence-electron chi connectivity index (χ0n) is 17.1. The van der Waals surface area contributed by atoms with Crippen LogP contribution in [0, 0.1) is 0 Å². The highest BCUT2D eigenvalue weighted by Gasteiger charge is 2.47. The van der Waals surface area contributed by atoms with E-state index in [1.807, 2.05) is 42.5 Å². The molecule has 0 atom stereocenters. The minimum absolute atomic E-state index is 0.168. The molecule has 1 fully saturated rings. The largest absolute Gasteiger partial charge is 0.341 e. The predicted molar refractivity (Wildman–Crippen MR) is 123 cm³/mol. The Kier molecular flexibility index (Phi) is 4.67. The molecule has 2 aliphatic heterocycles. The molecule has 2 N–H and O–H groups in total. The van der Waals surface area contributed by atoms with Crippen LogP contribution in [-0.2, 0) is 15.4 Å². The summed E-state index contributed by atoms with van der Waals surface area (Å²) in [4.78, 5) is 17.8. The standard InChI is InChI=1S/C22H23ClN4O3S/c1-31(29,30)27-14-22(17-4-2-3-5-19(17)27)8-10-26(11-9-22)21(28)25-20-13-15-12-16(23)6-7-18(15)24-20/h2-7,12-13,24H,8-11,14H2,1H3,(H,25,28). The lowest BCUT2D eigenvalue weighted by molar-refractivity contribution is 0.173. The van der Waals surface area contributed by atoms with E-state index in [4.69, 9.17) is 11.6 Å². The van der Waals surface area contributed by atoms with Crippen molar-refractivity contribution in [3.8, 4) is 0 Å². The van der Waals surface area contributed by atoms with Crippen LogP contribution in [0.15, 0.2) is 48.5 Å². The molecule has 162 valence electrons. The van der Waals surface area contributed by atoms with Gasteiger partial charge in [0.05, 0.1) is 11.9 Å². The van der Waals surface area contributed by atoms with Crippen LogP contribution in [0.3, 0.4) is 0 Å². The number of piperidine rings is 1. The summed E-state index contributed by atoms with van der Waals surface area (Å²) in [5.41, 5.74) is 2.47. The Balaban J connectivity index is 1.31. The number of halogens is 1. The van der Waals surface area contributed by atoms with E-state index < -0.39 is 10.0 Å². The first-order valence-electron chi connectivity index (χ1n) is 10.2. The summed E-state index contributed by atoms with van der Waals surface area (Å²) in [6.45, 7) is 1.55. The van der Waals surface area contributed by atoms with E-state index in [1.54, 1.807) is 11.0 Å². The zero-order valence-corrected chi connectivity index (χ0v) is 18.6. The van der Waals surface area contributed by atoms with Crippen molar-refractivity contribution >= 4 is 50.1 Å². The number of aromatic amines is 1. The van der Waals surface area contributed by atoms with Crippen LogP contribution in [0.5, 0.6) is 0 Å². The molecule has 0 saturated carbocycles. The Morgan fingerprint density at radius 3 is 2.61 bits per heavy atom. The van der Waals surface area contributed by atoms with Gasteiger partial charge in [0.1, 0.15) is 5.82 Å². The Morgan fingerprint density at radius 1 is 1.13 bits per heavy atom. The number of nitrogens with zero attached hydrogens (tertiary/aromatic N) is 2. The molecule has 9 heteroatoms. The van der Waals surface area contributed by atoms with Crippen molar-refractivity contribution in [2.24, 2.45) is 0 Å². The Bertz CT molecular complexity index is 1280. The average Bonchev–Trinajstić information content (AvgIpc) is 3.27. The van der Waals surface area contributed by atoms with Gasteiger partial charge in [-0.15, -0.1) is 0 Å². The van der Waals surface area contributed by atoms with E-state index in [0.29, 0.717) is 43.3 Å². The first kappa shape index (κ1) is 20.2. The number of rotatable bonds is 2. The summed E-state index contributed by atoms with van der Waals surface area (Å²) in [5, 5.41) is 4.51. The third-order valence-electron chi connectivity index (χ3n) is 6.42. The molecule has 0 radical (unpaired) electrons. The third-order valence-corrected chi connectivity index (χ3v) is 7.78. The Morgan fingerprint density at radius 2 is 1.87 bits per heavy atom. The zero-order chi connectivity index (χ0) is 21.8. The van der Waals surface area contributed by atoms with Gasteiger partial charge in [-0.3, -0.25) is 9.62 Å². The molecule has 0 aliphatic carbocycles. The summed E-state index contributed by atoms with van der Waals surface area (Å²) in [7, 11) is -3.35. The maximum Gasteiger partial charge on any atom is 0.322 e. The number of carbonyl (C=O) groups is 1. The molecule has 31 heavy (non-hydrogen) atoms. The lowest BCUT2D eigenvalue weighted by Crippen LogP contribution is -2.48. The number of benzene rings is 2. The maximum absolute atomic E-state index is 12.8. The van der Waals surface area contributed by atoms with Crippen LogP contribution in [0.1, 0.15) is 18.4 Å². The molecular weight excluding hydrogens is 436 g/mol. The van der Waals surface area contributed by atoms with Gasteiger partial charge in [0.2, 0.25) is 10.0 Å². The predicted octanol–water partition coefficient (Wildman–Crippen LogP) is 4.17. The Hall–Kier alpha value is -2.71. The fourth-order valence-electron chi connectivity index (χ4n) is 4.81. The van der Waals surface area contributed by atoms with Crippen molar-refractivity contribution in [3.63, 3.8) is 0 Å². The molecule has 2 aromatic carbocycles. The molecule has 2 amide bonds. The minimum atomic E-state index is -3.35. The van der Waals surface area contributed by atoms with Crippen molar-refractivity contribution in [2.75, 3.05) is 35.5 Å². The monoisotopic (exact) mass is 458 g/mol. The number of hydrogen-bond acceptors (Lipinski definition) is 3. The molecule has 7 nitrogen and oxygen atoms in total. The fraction of sp³-hybridized carbons (Fsp3) is 0.318. The van der Waals surface area contributed by atoms with E-state index in [9.17, 15) is 13.2 Å². The normalized spacial score (nSPS) is 17.9. The summed E-state index contributed by atoms with van der Waals surface area (Å²) in [6, 6.07) is 14.9. The van der Waals surface area contributed by atoms with Crippen molar-refractivity contribution < 1.29 is 13.2 Å². The van der Waals surface area contributed by atoms with E-state index >= 15 is 0 Å². The number of nitrogens with one attached hydrogen (secondary N) is 2. The average molecular weight is 459 g/mol. The van der Waals surface area contributed by atoms with Crippen molar-refractivity contribution in [3.05, 3.63) is 59.1 Å². The number of anilines is 2. The first-order valence-corrected chi connectivity index (χ1v) is 12.4. The second-order valence-electron chi connectivity index (χ2n) is 8.40. The van der Waals surface area contributed by atoms with Gasteiger partial charge in [-0.25, -0.2) is 13.2 Å².